The molecular weight excluding hydrogens is 360 g/mol. The molecule has 3 rings (SSSR count). The third-order valence-electron chi connectivity index (χ3n) is 4.72. The fraction of sp³-hybridized carbons (Fsp3) is 0.318. The van der Waals surface area contributed by atoms with Crippen molar-refractivity contribution in [2.24, 2.45) is 0 Å². The van der Waals surface area contributed by atoms with Gasteiger partial charge in [-0.05, 0) is 36.3 Å². The molecule has 1 saturated heterocycles. The molecule has 1 atom stereocenters. The zero-order valence-electron chi connectivity index (χ0n) is 15.5. The smallest absolute Gasteiger partial charge is 0.244 e. The molecular formula is C22H25ClN2O2. The summed E-state index contributed by atoms with van der Waals surface area (Å²) in [6.45, 7) is 5.71. The van der Waals surface area contributed by atoms with Gasteiger partial charge in [-0.25, -0.2) is 0 Å². The zero-order chi connectivity index (χ0) is 19.1. The Labute approximate surface area is 165 Å². The van der Waals surface area contributed by atoms with E-state index in [2.05, 4.69) is 10.2 Å². The van der Waals surface area contributed by atoms with Crippen LogP contribution in [0.4, 0.5) is 0 Å². The minimum Gasteiger partial charge on any atom is -0.379 e. The van der Waals surface area contributed by atoms with Gasteiger partial charge in [0.1, 0.15) is 0 Å². The lowest BCUT2D eigenvalue weighted by molar-refractivity contribution is -0.116. The Balaban J connectivity index is 1.63. The van der Waals surface area contributed by atoms with E-state index in [4.69, 9.17) is 16.3 Å². The van der Waals surface area contributed by atoms with Gasteiger partial charge in [-0.2, -0.15) is 0 Å². The molecule has 1 fully saturated rings. The number of rotatable bonds is 6. The highest BCUT2D eigenvalue weighted by atomic mass is 35.5. The molecule has 1 aliphatic rings. The molecule has 1 unspecified atom stereocenters. The van der Waals surface area contributed by atoms with Crippen molar-refractivity contribution in [2.45, 2.75) is 13.0 Å². The number of ether oxygens (including phenoxy) is 1. The summed E-state index contributed by atoms with van der Waals surface area (Å²) in [5.41, 5.74) is 3.36. The molecule has 1 heterocycles. The third kappa shape index (κ3) is 5.93. The lowest BCUT2D eigenvalue weighted by Gasteiger charge is -2.34. The molecule has 4 nitrogen and oxygen atoms in total. The molecule has 0 bridgehead atoms. The number of carbonyl (C=O) groups is 1. The number of hydrogen-bond donors (Lipinski definition) is 1. The molecule has 0 radical (unpaired) electrons. The van der Waals surface area contributed by atoms with E-state index in [0.717, 1.165) is 24.2 Å². The Morgan fingerprint density at radius 2 is 1.81 bits per heavy atom. The third-order valence-corrected chi connectivity index (χ3v) is 4.97. The summed E-state index contributed by atoms with van der Waals surface area (Å²) < 4.78 is 5.47. The molecule has 0 aliphatic carbocycles. The maximum absolute atomic E-state index is 12.3. The van der Waals surface area contributed by atoms with Crippen LogP contribution in [-0.4, -0.2) is 43.7 Å². The molecule has 0 spiro atoms. The number of aryl methyl sites for hydroxylation is 1. The Hall–Kier alpha value is -2.14. The van der Waals surface area contributed by atoms with Gasteiger partial charge in [-0.1, -0.05) is 53.6 Å². The Bertz CT molecular complexity index is 766. The summed E-state index contributed by atoms with van der Waals surface area (Å²) in [5.74, 6) is -0.0946. The van der Waals surface area contributed by atoms with E-state index in [-0.39, 0.29) is 11.9 Å². The summed E-state index contributed by atoms with van der Waals surface area (Å²) in [7, 11) is 0. The van der Waals surface area contributed by atoms with Gasteiger partial charge in [0.2, 0.25) is 5.91 Å². The SMILES string of the molecule is Cc1ccc(/C=C/C(=O)NCC(c2ccc(Cl)cc2)N2CCOCC2)cc1. The Kier molecular flexibility index (Phi) is 7.04. The molecule has 1 N–H and O–H groups in total. The summed E-state index contributed by atoms with van der Waals surface area (Å²) in [4.78, 5) is 14.6. The maximum atomic E-state index is 12.3. The predicted octanol–water partition coefficient (Wildman–Crippen LogP) is 3.85. The van der Waals surface area contributed by atoms with Crippen molar-refractivity contribution in [3.05, 3.63) is 76.3 Å². The van der Waals surface area contributed by atoms with E-state index in [1.54, 1.807) is 6.08 Å². The van der Waals surface area contributed by atoms with E-state index in [1.807, 2.05) is 61.5 Å². The molecule has 2 aromatic carbocycles. The predicted molar refractivity (Wildman–Crippen MR) is 110 cm³/mol. The van der Waals surface area contributed by atoms with Crippen LogP contribution in [0.3, 0.4) is 0 Å². The highest BCUT2D eigenvalue weighted by molar-refractivity contribution is 6.30. The molecule has 1 amide bonds. The molecule has 0 aromatic heterocycles. The van der Waals surface area contributed by atoms with Crippen molar-refractivity contribution in [3.8, 4) is 0 Å². The Morgan fingerprint density at radius 1 is 1.15 bits per heavy atom. The summed E-state index contributed by atoms with van der Waals surface area (Å²) in [5, 5.41) is 3.75. The first kappa shape index (κ1) is 19.6. The topological polar surface area (TPSA) is 41.6 Å². The van der Waals surface area contributed by atoms with E-state index in [9.17, 15) is 4.79 Å². The lowest BCUT2D eigenvalue weighted by atomic mass is 10.0. The first-order valence-corrected chi connectivity index (χ1v) is 9.59. The first-order chi connectivity index (χ1) is 13.1. The fourth-order valence-corrected chi connectivity index (χ4v) is 3.26. The van der Waals surface area contributed by atoms with E-state index >= 15 is 0 Å². The van der Waals surface area contributed by atoms with E-state index in [0.29, 0.717) is 24.8 Å². The summed E-state index contributed by atoms with van der Waals surface area (Å²) in [6.07, 6.45) is 3.42. The number of morpholine rings is 1. The van der Waals surface area contributed by atoms with Crippen LogP contribution in [0.2, 0.25) is 5.02 Å². The molecule has 5 heteroatoms. The van der Waals surface area contributed by atoms with Crippen molar-refractivity contribution in [3.63, 3.8) is 0 Å². The van der Waals surface area contributed by atoms with Crippen molar-refractivity contribution < 1.29 is 9.53 Å². The highest BCUT2D eigenvalue weighted by Gasteiger charge is 2.22. The summed E-state index contributed by atoms with van der Waals surface area (Å²) in [6, 6.07) is 16.0. The second kappa shape index (κ2) is 9.70. The standard InChI is InChI=1S/C22H25ClN2O2/c1-17-2-4-18(5-3-17)6-11-22(26)24-16-21(25-12-14-27-15-13-25)19-7-9-20(23)10-8-19/h2-11,21H,12-16H2,1H3,(H,24,26)/b11-6+. The van der Waals surface area contributed by atoms with E-state index in [1.165, 1.54) is 5.56 Å². The van der Waals surface area contributed by atoms with Crippen molar-refractivity contribution in [1.82, 2.24) is 10.2 Å². The van der Waals surface area contributed by atoms with Crippen LogP contribution in [-0.2, 0) is 9.53 Å². The van der Waals surface area contributed by atoms with Crippen LogP contribution in [0.1, 0.15) is 22.7 Å². The minimum absolute atomic E-state index is 0.0946. The van der Waals surface area contributed by atoms with Gasteiger partial charge >= 0.3 is 0 Å². The number of nitrogens with zero attached hydrogens (tertiary/aromatic N) is 1. The van der Waals surface area contributed by atoms with Gasteiger partial charge in [0, 0.05) is 30.7 Å². The van der Waals surface area contributed by atoms with Gasteiger partial charge in [-0.15, -0.1) is 0 Å². The quantitative estimate of drug-likeness (QED) is 0.769. The molecule has 142 valence electrons. The van der Waals surface area contributed by atoms with Crippen molar-refractivity contribution in [2.75, 3.05) is 32.8 Å². The van der Waals surface area contributed by atoms with Crippen LogP contribution >= 0.6 is 11.6 Å². The van der Waals surface area contributed by atoms with Crippen LogP contribution < -0.4 is 5.32 Å². The number of nitrogens with one attached hydrogen (secondary N) is 1. The second-order valence-corrected chi connectivity index (χ2v) is 7.14. The molecule has 27 heavy (non-hydrogen) atoms. The van der Waals surface area contributed by atoms with Crippen LogP contribution in [0, 0.1) is 6.92 Å². The van der Waals surface area contributed by atoms with Crippen LogP contribution in [0.25, 0.3) is 6.08 Å². The van der Waals surface area contributed by atoms with Gasteiger partial charge in [0.05, 0.1) is 19.3 Å². The highest BCUT2D eigenvalue weighted by Crippen LogP contribution is 2.23. The molecule has 2 aromatic rings. The van der Waals surface area contributed by atoms with Gasteiger partial charge in [-0.3, -0.25) is 9.69 Å². The maximum Gasteiger partial charge on any atom is 0.244 e. The fourth-order valence-electron chi connectivity index (χ4n) is 3.14. The van der Waals surface area contributed by atoms with Crippen LogP contribution in [0.15, 0.2) is 54.6 Å². The monoisotopic (exact) mass is 384 g/mol. The second-order valence-electron chi connectivity index (χ2n) is 6.70. The van der Waals surface area contributed by atoms with Crippen molar-refractivity contribution in [1.29, 1.82) is 0 Å². The molecule has 1 aliphatic heterocycles. The van der Waals surface area contributed by atoms with Gasteiger partial charge in [0.25, 0.3) is 0 Å². The number of hydrogen-bond acceptors (Lipinski definition) is 3. The number of benzene rings is 2. The number of carbonyl (C=O) groups excluding carboxylic acids is 1. The van der Waals surface area contributed by atoms with Crippen molar-refractivity contribution >= 4 is 23.6 Å². The molecule has 0 saturated carbocycles. The normalized spacial score (nSPS) is 16.4. The number of halogens is 1. The van der Waals surface area contributed by atoms with E-state index < -0.39 is 0 Å². The Morgan fingerprint density at radius 3 is 2.48 bits per heavy atom. The van der Waals surface area contributed by atoms with Gasteiger partial charge in [0.15, 0.2) is 0 Å². The average Bonchev–Trinajstić information content (AvgIpc) is 2.70. The average molecular weight is 385 g/mol. The minimum atomic E-state index is -0.0946. The number of amides is 1. The largest absolute Gasteiger partial charge is 0.379 e. The first-order valence-electron chi connectivity index (χ1n) is 9.22. The van der Waals surface area contributed by atoms with Gasteiger partial charge < -0.3 is 10.1 Å². The summed E-state index contributed by atoms with van der Waals surface area (Å²) >= 11 is 6.03. The zero-order valence-corrected chi connectivity index (χ0v) is 16.3. The lowest BCUT2D eigenvalue weighted by Crippen LogP contribution is -2.43. The van der Waals surface area contributed by atoms with Crippen LogP contribution in [0.5, 0.6) is 0 Å².